The Labute approximate surface area is 185 Å². The zero-order valence-electron chi connectivity index (χ0n) is 17.3. The number of halogens is 3. The summed E-state index contributed by atoms with van der Waals surface area (Å²) >= 11 is 0. The predicted molar refractivity (Wildman–Crippen MR) is 107 cm³/mol. The zero-order valence-corrected chi connectivity index (χ0v) is 17.3. The first-order valence-corrected chi connectivity index (χ1v) is 10.0. The monoisotopic (exact) mass is 464 g/mol. The standard InChI is InChI=1S/C20H19F3N6O4/c1-2-13-17-16(26-27-18(13)31)14(3-8-32-17)33-11-15(30)28-4-6-29(7-5-28)19-24-9-12(10-25-19)20(21,22)23/h1,9-10,14H,3-8,11H2,(H,27,31)/t14-/m1/s1. The smallest absolute Gasteiger partial charge is 0.419 e. The Balaban J connectivity index is 1.32. The van der Waals surface area contributed by atoms with Crippen molar-refractivity contribution in [3.8, 4) is 18.1 Å². The lowest BCUT2D eigenvalue weighted by molar-refractivity contribution is -0.139. The number of hydrogen-bond donors (Lipinski definition) is 1. The molecule has 1 N–H and O–H groups in total. The number of nitrogens with zero attached hydrogens (tertiary/aromatic N) is 5. The van der Waals surface area contributed by atoms with Crippen molar-refractivity contribution < 1.29 is 27.4 Å². The summed E-state index contributed by atoms with van der Waals surface area (Å²) in [6.45, 7) is 1.45. The summed E-state index contributed by atoms with van der Waals surface area (Å²) in [5.74, 6) is 2.39. The van der Waals surface area contributed by atoms with Gasteiger partial charge in [0, 0.05) is 45.0 Å². The number of aromatic amines is 1. The molecule has 33 heavy (non-hydrogen) atoms. The van der Waals surface area contributed by atoms with Gasteiger partial charge in [-0.15, -0.1) is 6.42 Å². The number of H-pyrrole nitrogens is 1. The fourth-order valence-corrected chi connectivity index (χ4v) is 3.56. The summed E-state index contributed by atoms with van der Waals surface area (Å²) in [6, 6.07) is 0. The number of amides is 1. The molecule has 1 saturated heterocycles. The maximum absolute atomic E-state index is 12.7. The minimum atomic E-state index is -4.50. The molecule has 13 heteroatoms. The highest BCUT2D eigenvalue weighted by atomic mass is 19.4. The van der Waals surface area contributed by atoms with Crippen molar-refractivity contribution in [3.63, 3.8) is 0 Å². The average Bonchev–Trinajstić information content (AvgIpc) is 2.82. The van der Waals surface area contributed by atoms with Gasteiger partial charge in [-0.05, 0) is 0 Å². The number of carbonyl (C=O) groups excluding carboxylic acids is 1. The van der Waals surface area contributed by atoms with Gasteiger partial charge < -0.3 is 19.3 Å². The van der Waals surface area contributed by atoms with Crippen molar-refractivity contribution in [2.24, 2.45) is 0 Å². The molecule has 0 saturated carbocycles. The maximum Gasteiger partial charge on any atom is 0.419 e. The highest BCUT2D eigenvalue weighted by molar-refractivity contribution is 5.77. The second-order valence-corrected chi connectivity index (χ2v) is 7.36. The molecular weight excluding hydrogens is 445 g/mol. The topological polar surface area (TPSA) is 114 Å². The Morgan fingerprint density at radius 1 is 1.27 bits per heavy atom. The minimum Gasteiger partial charge on any atom is -0.490 e. The number of piperazine rings is 1. The van der Waals surface area contributed by atoms with Crippen LogP contribution < -0.4 is 15.2 Å². The van der Waals surface area contributed by atoms with Gasteiger partial charge in [0.2, 0.25) is 11.9 Å². The molecule has 4 heterocycles. The molecule has 1 amide bonds. The third-order valence-electron chi connectivity index (χ3n) is 5.33. The molecule has 0 unspecified atom stereocenters. The van der Waals surface area contributed by atoms with Gasteiger partial charge in [-0.1, -0.05) is 5.92 Å². The summed E-state index contributed by atoms with van der Waals surface area (Å²) in [7, 11) is 0. The number of aromatic nitrogens is 4. The van der Waals surface area contributed by atoms with Crippen LogP contribution in [0.1, 0.15) is 29.3 Å². The second-order valence-electron chi connectivity index (χ2n) is 7.36. The summed E-state index contributed by atoms with van der Waals surface area (Å²) in [6.07, 6.45) is 2.23. The summed E-state index contributed by atoms with van der Waals surface area (Å²) in [4.78, 5) is 35.3. The number of fused-ring (bicyclic) bond motifs is 1. The van der Waals surface area contributed by atoms with Gasteiger partial charge in [0.05, 0.1) is 12.2 Å². The quantitative estimate of drug-likeness (QED) is 0.660. The lowest BCUT2D eigenvalue weighted by Gasteiger charge is -2.35. The molecule has 1 fully saturated rings. The van der Waals surface area contributed by atoms with Gasteiger partial charge in [0.25, 0.3) is 5.56 Å². The van der Waals surface area contributed by atoms with Crippen LogP contribution in [0.15, 0.2) is 17.2 Å². The highest BCUT2D eigenvalue weighted by Gasteiger charge is 2.32. The van der Waals surface area contributed by atoms with Gasteiger partial charge in [-0.2, -0.15) is 18.3 Å². The van der Waals surface area contributed by atoms with Crippen LogP contribution in [-0.2, 0) is 15.7 Å². The van der Waals surface area contributed by atoms with E-state index in [2.05, 4.69) is 26.1 Å². The molecule has 2 aliphatic rings. The average molecular weight is 464 g/mol. The Kier molecular flexibility index (Phi) is 6.19. The van der Waals surface area contributed by atoms with Gasteiger partial charge in [0.1, 0.15) is 24.0 Å². The first kappa shape index (κ1) is 22.5. The van der Waals surface area contributed by atoms with E-state index in [-0.39, 0.29) is 36.4 Å². The molecule has 2 aromatic heterocycles. The minimum absolute atomic E-state index is 0.0289. The maximum atomic E-state index is 12.7. The van der Waals surface area contributed by atoms with E-state index in [4.69, 9.17) is 15.9 Å². The van der Waals surface area contributed by atoms with E-state index in [1.54, 1.807) is 9.80 Å². The van der Waals surface area contributed by atoms with E-state index in [0.29, 0.717) is 38.3 Å². The van der Waals surface area contributed by atoms with Gasteiger partial charge in [0.15, 0.2) is 5.75 Å². The van der Waals surface area contributed by atoms with Crippen molar-refractivity contribution in [3.05, 3.63) is 39.6 Å². The van der Waals surface area contributed by atoms with E-state index in [1.807, 2.05) is 0 Å². The fraction of sp³-hybridized carbons (Fsp3) is 0.450. The van der Waals surface area contributed by atoms with Crippen LogP contribution in [-0.4, -0.2) is 70.4 Å². The molecule has 0 spiro atoms. The largest absolute Gasteiger partial charge is 0.490 e. The summed E-state index contributed by atoms with van der Waals surface area (Å²) in [5.41, 5.74) is -1.09. The van der Waals surface area contributed by atoms with Crippen molar-refractivity contribution in [1.29, 1.82) is 0 Å². The van der Waals surface area contributed by atoms with Crippen LogP contribution in [0.25, 0.3) is 0 Å². The first-order valence-electron chi connectivity index (χ1n) is 10.0. The normalized spacial score (nSPS) is 18.3. The third-order valence-corrected chi connectivity index (χ3v) is 5.33. The molecule has 1 atom stereocenters. The molecule has 10 nitrogen and oxygen atoms in total. The lowest BCUT2D eigenvalue weighted by Crippen LogP contribution is -2.50. The van der Waals surface area contributed by atoms with Gasteiger partial charge in [-0.3, -0.25) is 9.59 Å². The molecule has 2 aromatic rings. The number of ether oxygens (including phenoxy) is 2. The SMILES string of the molecule is C#Cc1c2c(n[nH]c1=O)[C@H](OCC(=O)N1CCN(c3ncc(C(F)(F)F)cn3)CC1)CCO2. The molecule has 174 valence electrons. The van der Waals surface area contributed by atoms with E-state index in [0.717, 1.165) is 12.4 Å². The Morgan fingerprint density at radius 2 is 1.97 bits per heavy atom. The number of alkyl halides is 3. The number of rotatable bonds is 4. The van der Waals surface area contributed by atoms with Crippen LogP contribution in [0, 0.1) is 12.3 Å². The molecule has 0 bridgehead atoms. The van der Waals surface area contributed by atoms with Crippen LogP contribution in [0.3, 0.4) is 0 Å². The summed E-state index contributed by atoms with van der Waals surface area (Å²) < 4.78 is 49.2. The van der Waals surface area contributed by atoms with E-state index < -0.39 is 23.4 Å². The number of anilines is 1. The van der Waals surface area contributed by atoms with Crippen molar-refractivity contribution in [2.45, 2.75) is 18.7 Å². The highest BCUT2D eigenvalue weighted by Crippen LogP contribution is 2.33. The number of nitrogens with one attached hydrogen (secondary N) is 1. The van der Waals surface area contributed by atoms with Crippen LogP contribution in [0.4, 0.5) is 19.1 Å². The van der Waals surface area contributed by atoms with Crippen LogP contribution >= 0.6 is 0 Å². The Hall–Kier alpha value is -3.66. The molecule has 0 radical (unpaired) electrons. The first-order chi connectivity index (χ1) is 15.8. The van der Waals surface area contributed by atoms with Crippen molar-refractivity contribution in [1.82, 2.24) is 25.1 Å². The van der Waals surface area contributed by atoms with Crippen LogP contribution in [0.5, 0.6) is 5.75 Å². The Bertz CT molecular complexity index is 1120. The van der Waals surface area contributed by atoms with E-state index >= 15 is 0 Å². The second kappa shape index (κ2) is 9.07. The van der Waals surface area contributed by atoms with E-state index in [1.165, 1.54) is 0 Å². The van der Waals surface area contributed by atoms with E-state index in [9.17, 15) is 22.8 Å². The Morgan fingerprint density at radius 3 is 2.61 bits per heavy atom. The van der Waals surface area contributed by atoms with Gasteiger partial charge >= 0.3 is 6.18 Å². The van der Waals surface area contributed by atoms with Crippen molar-refractivity contribution >= 4 is 11.9 Å². The van der Waals surface area contributed by atoms with Crippen molar-refractivity contribution in [2.75, 3.05) is 44.3 Å². The molecule has 2 aliphatic heterocycles. The lowest BCUT2D eigenvalue weighted by atomic mass is 10.1. The zero-order chi connectivity index (χ0) is 23.6. The molecule has 0 aromatic carbocycles. The fourth-order valence-electron chi connectivity index (χ4n) is 3.56. The molecular formula is C20H19F3N6O4. The molecule has 4 rings (SSSR count). The van der Waals surface area contributed by atoms with Crippen LogP contribution in [0.2, 0.25) is 0 Å². The number of carbonyl (C=O) groups is 1. The number of hydrogen-bond acceptors (Lipinski definition) is 8. The van der Waals surface area contributed by atoms with Gasteiger partial charge in [-0.25, -0.2) is 15.1 Å². The summed E-state index contributed by atoms with van der Waals surface area (Å²) in [5, 5.41) is 6.27. The third kappa shape index (κ3) is 4.75. The predicted octanol–water partition coefficient (Wildman–Crippen LogP) is 0.749. The number of terminal acetylenes is 1. The molecule has 0 aliphatic carbocycles.